The fraction of sp³-hybridized carbons (Fsp3) is 0.583. The number of nitrogens with one attached hydrogen (secondary N) is 1. The maximum Gasteiger partial charge on any atom is 0.126 e. The number of benzene rings is 1. The highest BCUT2D eigenvalue weighted by molar-refractivity contribution is 7.13. The predicted octanol–water partition coefficient (Wildman–Crippen LogP) is 5.75. The van der Waals surface area contributed by atoms with E-state index < -0.39 is 6.10 Å². The molecule has 2 aromatic rings. The summed E-state index contributed by atoms with van der Waals surface area (Å²) in [6.07, 6.45) is -0.542. The third-order valence-electron chi connectivity index (χ3n) is 4.69. The van der Waals surface area contributed by atoms with E-state index in [1.54, 1.807) is 11.3 Å². The van der Waals surface area contributed by atoms with Crippen molar-refractivity contribution in [2.75, 3.05) is 13.2 Å². The van der Waals surface area contributed by atoms with Gasteiger partial charge in [-0.15, -0.1) is 11.3 Å². The molecule has 28 heavy (non-hydrogen) atoms. The highest BCUT2D eigenvalue weighted by atomic mass is 32.1. The van der Waals surface area contributed by atoms with E-state index >= 15 is 0 Å². The van der Waals surface area contributed by atoms with Crippen molar-refractivity contribution in [3.8, 4) is 16.2 Å². The Bertz CT molecular complexity index is 717. The summed E-state index contributed by atoms with van der Waals surface area (Å²) in [6.45, 7) is 18.3. The van der Waals surface area contributed by atoms with E-state index in [0.717, 1.165) is 5.75 Å². The van der Waals surface area contributed by atoms with Crippen LogP contribution in [0.25, 0.3) is 10.4 Å². The average molecular weight is 404 g/mol. The molecule has 3 nitrogen and oxygen atoms in total. The summed E-state index contributed by atoms with van der Waals surface area (Å²) in [6, 6.07) is 9.12. The molecule has 156 valence electrons. The number of hydrogen-bond acceptors (Lipinski definition) is 4. The van der Waals surface area contributed by atoms with E-state index in [0.29, 0.717) is 12.6 Å². The maximum atomic E-state index is 10.4. The molecule has 0 spiro atoms. The summed E-state index contributed by atoms with van der Waals surface area (Å²) in [7, 11) is 0. The molecule has 1 heterocycles. The van der Waals surface area contributed by atoms with Crippen molar-refractivity contribution >= 4 is 11.3 Å². The zero-order valence-electron chi connectivity index (χ0n) is 18.7. The number of thiophene rings is 1. The van der Waals surface area contributed by atoms with Gasteiger partial charge in [0.15, 0.2) is 0 Å². The number of rotatable bonds is 7. The molecule has 1 atom stereocenters. The molecule has 0 radical (unpaired) electrons. The molecule has 2 rings (SSSR count). The Hall–Kier alpha value is -1.36. The molecule has 0 aliphatic heterocycles. The monoisotopic (exact) mass is 403 g/mol. The minimum absolute atomic E-state index is 0.0657. The van der Waals surface area contributed by atoms with Gasteiger partial charge in [-0.3, -0.25) is 0 Å². The molecule has 0 aliphatic carbocycles. The summed E-state index contributed by atoms with van der Waals surface area (Å²) in [5.41, 5.74) is 3.48. The van der Waals surface area contributed by atoms with Crippen molar-refractivity contribution in [2.45, 2.75) is 78.4 Å². The summed E-state index contributed by atoms with van der Waals surface area (Å²) in [4.78, 5) is 1.27. The largest absolute Gasteiger partial charge is 0.490 e. The molecule has 1 unspecified atom stereocenters. The second-order valence-corrected chi connectivity index (χ2v) is 10.9. The molecule has 0 bridgehead atoms. The first kappa shape index (κ1) is 22.9. The lowest BCUT2D eigenvalue weighted by Gasteiger charge is -2.31. The zero-order valence-corrected chi connectivity index (χ0v) is 19.5. The molecule has 1 aromatic carbocycles. The predicted molar refractivity (Wildman–Crippen MR) is 122 cm³/mol. The summed E-state index contributed by atoms with van der Waals surface area (Å²) < 4.78 is 6.30. The molecule has 0 saturated carbocycles. The van der Waals surface area contributed by atoms with Crippen LogP contribution in [-0.2, 0) is 10.8 Å². The van der Waals surface area contributed by atoms with Crippen LogP contribution in [0.15, 0.2) is 29.6 Å². The fourth-order valence-corrected chi connectivity index (χ4v) is 3.81. The number of ether oxygens (including phenoxy) is 1. The van der Waals surface area contributed by atoms with Crippen molar-refractivity contribution < 1.29 is 9.84 Å². The Morgan fingerprint density at radius 3 is 2.04 bits per heavy atom. The number of aliphatic hydroxyl groups is 1. The van der Waals surface area contributed by atoms with Crippen LogP contribution in [0, 0.1) is 0 Å². The van der Waals surface area contributed by atoms with Crippen molar-refractivity contribution in [2.24, 2.45) is 0 Å². The van der Waals surface area contributed by atoms with E-state index in [1.807, 2.05) is 0 Å². The Kier molecular flexibility index (Phi) is 7.35. The summed E-state index contributed by atoms with van der Waals surface area (Å²) in [5.74, 6) is 0.920. The Balaban J connectivity index is 2.46. The first-order valence-electron chi connectivity index (χ1n) is 10.2. The fourth-order valence-electron chi connectivity index (χ4n) is 3.09. The van der Waals surface area contributed by atoms with Crippen LogP contribution in [0.4, 0.5) is 0 Å². The highest BCUT2D eigenvalue weighted by Gasteiger charge is 2.28. The summed E-state index contributed by atoms with van der Waals surface area (Å²) in [5, 5.41) is 15.8. The molecule has 0 fully saturated rings. The first-order chi connectivity index (χ1) is 12.9. The molecular weight excluding hydrogens is 366 g/mol. The Morgan fingerprint density at radius 1 is 1.04 bits per heavy atom. The number of hydrogen-bond donors (Lipinski definition) is 2. The molecule has 4 heteroatoms. The molecule has 0 amide bonds. The zero-order chi connectivity index (χ0) is 21.1. The van der Waals surface area contributed by atoms with Gasteiger partial charge in [-0.05, 0) is 40.0 Å². The van der Waals surface area contributed by atoms with Crippen molar-refractivity contribution in [1.29, 1.82) is 0 Å². The van der Waals surface area contributed by atoms with Gasteiger partial charge >= 0.3 is 0 Å². The summed E-state index contributed by atoms with van der Waals surface area (Å²) >= 11 is 1.76. The minimum Gasteiger partial charge on any atom is -0.490 e. The molecule has 2 N–H and O–H groups in total. The van der Waals surface area contributed by atoms with Gasteiger partial charge < -0.3 is 15.2 Å². The average Bonchev–Trinajstić information content (AvgIpc) is 3.10. The first-order valence-corrected chi connectivity index (χ1v) is 11.0. The van der Waals surface area contributed by atoms with Crippen LogP contribution in [0.5, 0.6) is 5.75 Å². The van der Waals surface area contributed by atoms with Gasteiger partial charge in [-0.1, -0.05) is 61.5 Å². The van der Waals surface area contributed by atoms with Gasteiger partial charge in [-0.2, -0.15) is 0 Å². The standard InChI is InChI=1S/C24H37NO2S/c1-16(2)25-14-18(26)15-27-22-19(23(3,4)5)12-17(21-10-9-11-28-21)13-20(22)24(6,7)8/h9-13,16,18,25-26H,14-15H2,1-8H3. The Morgan fingerprint density at radius 2 is 1.61 bits per heavy atom. The van der Waals surface area contributed by atoms with Crippen molar-refractivity contribution in [1.82, 2.24) is 5.32 Å². The second kappa shape index (κ2) is 8.98. The highest BCUT2D eigenvalue weighted by Crippen LogP contribution is 2.43. The quantitative estimate of drug-likeness (QED) is 0.619. The van der Waals surface area contributed by atoms with Crippen LogP contribution in [0.3, 0.4) is 0 Å². The van der Waals surface area contributed by atoms with Gasteiger partial charge in [0.05, 0.1) is 0 Å². The van der Waals surface area contributed by atoms with E-state index in [1.165, 1.54) is 21.6 Å². The van der Waals surface area contributed by atoms with Crippen molar-refractivity contribution in [3.63, 3.8) is 0 Å². The van der Waals surface area contributed by atoms with Gasteiger partial charge in [0, 0.05) is 28.6 Å². The lowest BCUT2D eigenvalue weighted by Crippen LogP contribution is -2.35. The smallest absolute Gasteiger partial charge is 0.126 e. The van der Waals surface area contributed by atoms with Gasteiger partial charge in [0.1, 0.15) is 18.5 Å². The molecule has 0 aliphatic rings. The minimum atomic E-state index is -0.542. The van der Waals surface area contributed by atoms with Crippen LogP contribution in [0.1, 0.15) is 66.5 Å². The van der Waals surface area contributed by atoms with E-state index in [9.17, 15) is 5.11 Å². The van der Waals surface area contributed by atoms with Crippen LogP contribution < -0.4 is 10.1 Å². The lowest BCUT2D eigenvalue weighted by atomic mass is 9.78. The Labute approximate surface area is 175 Å². The number of aliphatic hydroxyl groups excluding tert-OH is 1. The van der Waals surface area contributed by atoms with Crippen LogP contribution >= 0.6 is 11.3 Å². The van der Waals surface area contributed by atoms with Crippen molar-refractivity contribution in [3.05, 3.63) is 40.8 Å². The third kappa shape index (κ3) is 6.07. The maximum absolute atomic E-state index is 10.4. The van der Waals surface area contributed by atoms with Gasteiger partial charge in [0.25, 0.3) is 0 Å². The molecule has 0 saturated heterocycles. The van der Waals surface area contributed by atoms with Crippen LogP contribution in [-0.4, -0.2) is 30.4 Å². The van der Waals surface area contributed by atoms with Gasteiger partial charge in [-0.25, -0.2) is 0 Å². The topological polar surface area (TPSA) is 41.5 Å². The lowest BCUT2D eigenvalue weighted by molar-refractivity contribution is 0.102. The molecular formula is C24H37NO2S. The van der Waals surface area contributed by atoms with E-state index in [2.05, 4.69) is 90.4 Å². The SMILES string of the molecule is CC(C)NCC(O)COc1c(C(C)(C)C)cc(-c2cccs2)cc1C(C)(C)C. The van der Waals surface area contributed by atoms with E-state index in [4.69, 9.17) is 4.74 Å². The second-order valence-electron chi connectivity index (χ2n) is 9.91. The van der Waals surface area contributed by atoms with Crippen LogP contribution in [0.2, 0.25) is 0 Å². The third-order valence-corrected chi connectivity index (χ3v) is 5.61. The molecule has 1 aromatic heterocycles. The normalized spacial score (nSPS) is 13.8. The van der Waals surface area contributed by atoms with E-state index in [-0.39, 0.29) is 17.4 Å². The van der Waals surface area contributed by atoms with Gasteiger partial charge in [0.2, 0.25) is 0 Å².